The lowest BCUT2D eigenvalue weighted by Gasteiger charge is -2.31. The first-order chi connectivity index (χ1) is 8.54. The van der Waals surface area contributed by atoms with E-state index in [0.29, 0.717) is 0 Å². The number of amides is 1. The van der Waals surface area contributed by atoms with E-state index in [-0.39, 0.29) is 11.4 Å². The SMILES string of the molecule is CCNc1ccc(C(=O)N2CCCC2(C)C)cc1. The second-order valence-electron chi connectivity index (χ2n) is 5.48. The minimum atomic E-state index is -0.00256. The fraction of sp³-hybridized carbons (Fsp3) is 0.533. The molecule has 0 saturated carbocycles. The van der Waals surface area contributed by atoms with Crippen LogP contribution in [0.15, 0.2) is 24.3 Å². The van der Waals surface area contributed by atoms with Crippen LogP contribution in [0, 0.1) is 0 Å². The summed E-state index contributed by atoms with van der Waals surface area (Å²) in [6.07, 6.45) is 2.20. The Morgan fingerprint density at radius 3 is 2.50 bits per heavy atom. The number of nitrogens with zero attached hydrogens (tertiary/aromatic N) is 1. The molecule has 98 valence electrons. The van der Waals surface area contributed by atoms with Crippen molar-refractivity contribution in [3.8, 4) is 0 Å². The summed E-state index contributed by atoms with van der Waals surface area (Å²) in [5.41, 5.74) is 1.85. The van der Waals surface area contributed by atoms with Gasteiger partial charge in [0.2, 0.25) is 0 Å². The van der Waals surface area contributed by atoms with E-state index in [9.17, 15) is 4.79 Å². The number of carbonyl (C=O) groups is 1. The van der Waals surface area contributed by atoms with Crippen LogP contribution in [-0.4, -0.2) is 29.4 Å². The number of carbonyl (C=O) groups excluding carboxylic acids is 1. The third kappa shape index (κ3) is 2.50. The average Bonchev–Trinajstić information content (AvgIpc) is 2.69. The van der Waals surface area contributed by atoms with Gasteiger partial charge in [-0.1, -0.05) is 0 Å². The molecule has 0 aliphatic carbocycles. The molecular formula is C15H22N2O. The zero-order valence-electron chi connectivity index (χ0n) is 11.5. The van der Waals surface area contributed by atoms with Gasteiger partial charge in [0, 0.05) is 29.9 Å². The molecule has 1 aliphatic rings. The minimum Gasteiger partial charge on any atom is -0.385 e. The number of benzene rings is 1. The summed E-state index contributed by atoms with van der Waals surface area (Å²) in [7, 11) is 0. The van der Waals surface area contributed by atoms with Crippen LogP contribution < -0.4 is 5.32 Å². The molecule has 0 atom stereocenters. The number of anilines is 1. The highest BCUT2D eigenvalue weighted by atomic mass is 16.2. The molecule has 0 aromatic heterocycles. The zero-order valence-corrected chi connectivity index (χ0v) is 11.5. The largest absolute Gasteiger partial charge is 0.385 e. The van der Waals surface area contributed by atoms with Crippen molar-refractivity contribution in [3.63, 3.8) is 0 Å². The molecule has 1 aromatic carbocycles. The molecular weight excluding hydrogens is 224 g/mol. The number of nitrogens with one attached hydrogen (secondary N) is 1. The summed E-state index contributed by atoms with van der Waals surface area (Å²) in [6, 6.07) is 7.77. The average molecular weight is 246 g/mol. The smallest absolute Gasteiger partial charge is 0.254 e. The van der Waals surface area contributed by atoms with E-state index in [4.69, 9.17) is 0 Å². The molecule has 1 aliphatic heterocycles. The molecule has 0 bridgehead atoms. The Labute approximate surface area is 109 Å². The van der Waals surface area contributed by atoms with Crippen molar-refractivity contribution < 1.29 is 4.79 Å². The van der Waals surface area contributed by atoms with Gasteiger partial charge in [0.25, 0.3) is 5.91 Å². The first-order valence-corrected chi connectivity index (χ1v) is 6.70. The maximum atomic E-state index is 12.4. The van der Waals surface area contributed by atoms with Crippen LogP contribution >= 0.6 is 0 Å². The highest BCUT2D eigenvalue weighted by molar-refractivity contribution is 5.95. The molecule has 2 rings (SSSR count). The van der Waals surface area contributed by atoms with E-state index < -0.39 is 0 Å². The molecule has 1 heterocycles. The molecule has 0 radical (unpaired) electrons. The molecule has 1 amide bonds. The van der Waals surface area contributed by atoms with Crippen LogP contribution in [0.1, 0.15) is 44.0 Å². The van der Waals surface area contributed by atoms with Crippen molar-refractivity contribution in [2.75, 3.05) is 18.4 Å². The molecule has 1 saturated heterocycles. The van der Waals surface area contributed by atoms with Crippen LogP contribution in [-0.2, 0) is 0 Å². The van der Waals surface area contributed by atoms with Gasteiger partial charge in [-0.15, -0.1) is 0 Å². The molecule has 0 spiro atoms. The van der Waals surface area contributed by atoms with E-state index in [1.807, 2.05) is 29.2 Å². The monoisotopic (exact) mass is 246 g/mol. The van der Waals surface area contributed by atoms with Crippen molar-refractivity contribution >= 4 is 11.6 Å². The van der Waals surface area contributed by atoms with Crippen LogP contribution in [0.2, 0.25) is 0 Å². The Kier molecular flexibility index (Phi) is 3.60. The second kappa shape index (κ2) is 5.01. The third-order valence-electron chi connectivity index (χ3n) is 3.66. The molecule has 0 unspecified atom stereocenters. The highest BCUT2D eigenvalue weighted by Gasteiger charge is 2.35. The fourth-order valence-corrected chi connectivity index (χ4v) is 2.57. The fourth-order valence-electron chi connectivity index (χ4n) is 2.57. The predicted octanol–water partition coefficient (Wildman–Crippen LogP) is 3.13. The number of likely N-dealkylation sites (tertiary alicyclic amines) is 1. The van der Waals surface area contributed by atoms with E-state index in [2.05, 4.69) is 26.1 Å². The van der Waals surface area contributed by atoms with Gasteiger partial charge in [-0.25, -0.2) is 0 Å². The van der Waals surface area contributed by atoms with Crippen LogP contribution in [0.3, 0.4) is 0 Å². The van der Waals surface area contributed by atoms with Crippen LogP contribution in [0.4, 0.5) is 5.69 Å². The summed E-state index contributed by atoms with van der Waals surface area (Å²) >= 11 is 0. The number of rotatable bonds is 3. The summed E-state index contributed by atoms with van der Waals surface area (Å²) in [4.78, 5) is 14.4. The van der Waals surface area contributed by atoms with Gasteiger partial charge in [0.15, 0.2) is 0 Å². The quantitative estimate of drug-likeness (QED) is 0.888. The Hall–Kier alpha value is -1.51. The topological polar surface area (TPSA) is 32.3 Å². The van der Waals surface area contributed by atoms with Gasteiger partial charge in [0.1, 0.15) is 0 Å². The van der Waals surface area contributed by atoms with E-state index in [0.717, 1.165) is 37.2 Å². The maximum absolute atomic E-state index is 12.4. The maximum Gasteiger partial charge on any atom is 0.254 e. The van der Waals surface area contributed by atoms with Gasteiger partial charge >= 0.3 is 0 Å². The second-order valence-corrected chi connectivity index (χ2v) is 5.48. The summed E-state index contributed by atoms with van der Waals surface area (Å²) in [6.45, 7) is 8.12. The van der Waals surface area contributed by atoms with Gasteiger partial charge in [-0.05, 0) is 57.9 Å². The Morgan fingerprint density at radius 1 is 1.33 bits per heavy atom. The lowest BCUT2D eigenvalue weighted by molar-refractivity contribution is 0.0652. The van der Waals surface area contributed by atoms with Crippen molar-refractivity contribution in [2.24, 2.45) is 0 Å². The first kappa shape index (κ1) is 12.9. The van der Waals surface area contributed by atoms with E-state index >= 15 is 0 Å². The van der Waals surface area contributed by atoms with Crippen LogP contribution in [0.25, 0.3) is 0 Å². The predicted molar refractivity (Wildman–Crippen MR) is 75.0 cm³/mol. The van der Waals surface area contributed by atoms with Crippen molar-refractivity contribution in [1.82, 2.24) is 4.90 Å². The summed E-state index contributed by atoms with van der Waals surface area (Å²) in [5, 5.41) is 3.23. The number of hydrogen-bond donors (Lipinski definition) is 1. The third-order valence-corrected chi connectivity index (χ3v) is 3.66. The van der Waals surface area contributed by atoms with E-state index in [1.54, 1.807) is 0 Å². The lowest BCUT2D eigenvalue weighted by Crippen LogP contribution is -2.42. The molecule has 1 aromatic rings. The summed E-state index contributed by atoms with van der Waals surface area (Å²) in [5.74, 6) is 0.153. The van der Waals surface area contributed by atoms with Crippen molar-refractivity contribution in [1.29, 1.82) is 0 Å². The van der Waals surface area contributed by atoms with Gasteiger partial charge in [0.05, 0.1) is 0 Å². The lowest BCUT2D eigenvalue weighted by atomic mass is 10.0. The standard InChI is InChI=1S/C15H22N2O/c1-4-16-13-8-6-12(7-9-13)14(18)17-11-5-10-15(17,2)3/h6-9,16H,4-5,10-11H2,1-3H3. The van der Waals surface area contributed by atoms with Crippen molar-refractivity contribution in [2.45, 2.75) is 39.2 Å². The molecule has 3 heteroatoms. The van der Waals surface area contributed by atoms with Crippen molar-refractivity contribution in [3.05, 3.63) is 29.8 Å². The normalized spacial score (nSPS) is 17.8. The molecule has 3 nitrogen and oxygen atoms in total. The van der Waals surface area contributed by atoms with Gasteiger partial charge in [-0.2, -0.15) is 0 Å². The molecule has 1 N–H and O–H groups in total. The Bertz CT molecular complexity index is 423. The summed E-state index contributed by atoms with van der Waals surface area (Å²) < 4.78 is 0. The Morgan fingerprint density at radius 2 is 2.00 bits per heavy atom. The molecule has 1 fully saturated rings. The highest BCUT2D eigenvalue weighted by Crippen LogP contribution is 2.29. The molecule has 18 heavy (non-hydrogen) atoms. The van der Waals surface area contributed by atoms with Gasteiger partial charge in [-0.3, -0.25) is 4.79 Å². The zero-order chi connectivity index (χ0) is 13.2. The first-order valence-electron chi connectivity index (χ1n) is 6.70. The van der Waals surface area contributed by atoms with Gasteiger partial charge < -0.3 is 10.2 Å². The Balaban J connectivity index is 2.14. The minimum absolute atomic E-state index is 0.00256. The van der Waals surface area contributed by atoms with Crippen LogP contribution in [0.5, 0.6) is 0 Å². The number of hydrogen-bond acceptors (Lipinski definition) is 2. The van der Waals surface area contributed by atoms with E-state index in [1.165, 1.54) is 0 Å².